The van der Waals surface area contributed by atoms with Gasteiger partial charge in [0.1, 0.15) is 6.54 Å². The highest BCUT2D eigenvalue weighted by Crippen LogP contribution is 2.29. The van der Waals surface area contributed by atoms with Crippen molar-refractivity contribution in [3.8, 4) is 11.5 Å². The Labute approximate surface area is 174 Å². The smallest absolute Gasteiger partial charge is 0.344 e. The fraction of sp³-hybridized carbons (Fsp3) is 0.227. The Kier molecular flexibility index (Phi) is 6.69. The standard InChI is InChI=1S/C22H22N2O6/c1-3-6-15-9-10-18(19(11-15)28-2)29-14-22(27)30-13-21(26)24-12-20(25)23-16-7-4-5-8-17(16)24/h3-11H,12-14H2,1-2H3,(H,23,25)/b6-3+. The van der Waals surface area contributed by atoms with Crippen molar-refractivity contribution in [3.05, 3.63) is 54.1 Å². The van der Waals surface area contributed by atoms with Crippen molar-refractivity contribution in [2.24, 2.45) is 0 Å². The second kappa shape index (κ2) is 9.60. The lowest BCUT2D eigenvalue weighted by atomic mass is 10.2. The first-order valence-corrected chi connectivity index (χ1v) is 9.30. The number of para-hydroxylation sites is 2. The number of nitrogens with one attached hydrogen (secondary N) is 1. The molecule has 30 heavy (non-hydrogen) atoms. The minimum absolute atomic E-state index is 0.139. The number of ether oxygens (including phenoxy) is 3. The summed E-state index contributed by atoms with van der Waals surface area (Å²) >= 11 is 0. The molecule has 0 spiro atoms. The molecule has 8 heteroatoms. The third kappa shape index (κ3) is 4.96. The lowest BCUT2D eigenvalue weighted by molar-refractivity contribution is -0.149. The number of carbonyl (C=O) groups is 3. The average molecular weight is 410 g/mol. The van der Waals surface area contributed by atoms with E-state index in [4.69, 9.17) is 14.2 Å². The number of esters is 1. The maximum atomic E-state index is 12.5. The Morgan fingerprint density at radius 1 is 1.13 bits per heavy atom. The van der Waals surface area contributed by atoms with Gasteiger partial charge in [-0.25, -0.2) is 4.79 Å². The van der Waals surface area contributed by atoms with E-state index in [0.717, 1.165) is 5.56 Å². The quantitative estimate of drug-likeness (QED) is 0.706. The molecule has 156 valence electrons. The average Bonchev–Trinajstić information content (AvgIpc) is 2.76. The first-order chi connectivity index (χ1) is 14.5. The van der Waals surface area contributed by atoms with Crippen LogP contribution < -0.4 is 19.7 Å². The Balaban J connectivity index is 1.55. The number of rotatable bonds is 7. The Morgan fingerprint density at radius 2 is 1.93 bits per heavy atom. The molecule has 2 amide bonds. The Hall–Kier alpha value is -3.81. The maximum absolute atomic E-state index is 12.5. The third-order valence-electron chi connectivity index (χ3n) is 4.32. The summed E-state index contributed by atoms with van der Waals surface area (Å²) in [5, 5.41) is 2.69. The van der Waals surface area contributed by atoms with Gasteiger partial charge in [0.05, 0.1) is 18.5 Å². The largest absolute Gasteiger partial charge is 0.493 e. The number of nitrogens with zero attached hydrogens (tertiary/aromatic N) is 1. The van der Waals surface area contributed by atoms with Crippen LogP contribution in [-0.4, -0.2) is 44.7 Å². The summed E-state index contributed by atoms with van der Waals surface area (Å²) in [6.45, 7) is 0.883. The number of amides is 2. The zero-order chi connectivity index (χ0) is 21.5. The molecular weight excluding hydrogens is 388 g/mol. The van der Waals surface area contributed by atoms with Gasteiger partial charge in [-0.15, -0.1) is 0 Å². The normalized spacial score (nSPS) is 12.9. The summed E-state index contributed by atoms with van der Waals surface area (Å²) in [6.07, 6.45) is 3.80. The summed E-state index contributed by atoms with van der Waals surface area (Å²) in [4.78, 5) is 37.6. The van der Waals surface area contributed by atoms with Crippen molar-refractivity contribution < 1.29 is 28.6 Å². The SMILES string of the molecule is C/C=C/c1ccc(OCC(=O)OCC(=O)N2CC(=O)Nc3ccccc32)c(OC)c1. The van der Waals surface area contributed by atoms with E-state index in [-0.39, 0.29) is 19.1 Å². The Morgan fingerprint density at radius 3 is 2.70 bits per heavy atom. The van der Waals surface area contributed by atoms with Crippen LogP contribution in [0, 0.1) is 0 Å². The molecule has 0 atom stereocenters. The first-order valence-electron chi connectivity index (χ1n) is 9.30. The number of hydrogen-bond donors (Lipinski definition) is 1. The molecule has 0 aromatic heterocycles. The summed E-state index contributed by atoms with van der Waals surface area (Å²) < 4.78 is 15.8. The topological polar surface area (TPSA) is 94.2 Å². The molecule has 0 aliphatic carbocycles. The van der Waals surface area contributed by atoms with Crippen molar-refractivity contribution in [3.63, 3.8) is 0 Å². The van der Waals surface area contributed by atoms with Crippen LogP contribution in [0.3, 0.4) is 0 Å². The molecule has 0 saturated carbocycles. The molecule has 0 bridgehead atoms. The lowest BCUT2D eigenvalue weighted by Crippen LogP contribution is -2.44. The van der Waals surface area contributed by atoms with Crippen molar-refractivity contribution in [1.82, 2.24) is 0 Å². The molecule has 0 radical (unpaired) electrons. The molecule has 2 aromatic carbocycles. The van der Waals surface area contributed by atoms with E-state index in [1.54, 1.807) is 36.4 Å². The van der Waals surface area contributed by atoms with Gasteiger partial charge in [-0.05, 0) is 36.8 Å². The van der Waals surface area contributed by atoms with E-state index in [1.165, 1.54) is 12.0 Å². The molecule has 0 saturated heterocycles. The molecule has 8 nitrogen and oxygen atoms in total. The van der Waals surface area contributed by atoms with Gasteiger partial charge in [0, 0.05) is 0 Å². The van der Waals surface area contributed by atoms with Gasteiger partial charge in [-0.1, -0.05) is 30.4 Å². The number of allylic oxidation sites excluding steroid dienone is 1. The third-order valence-corrected chi connectivity index (χ3v) is 4.32. The van der Waals surface area contributed by atoms with Gasteiger partial charge in [-0.2, -0.15) is 0 Å². The predicted molar refractivity (Wildman–Crippen MR) is 112 cm³/mol. The fourth-order valence-electron chi connectivity index (χ4n) is 2.95. The van der Waals surface area contributed by atoms with Gasteiger partial charge >= 0.3 is 5.97 Å². The number of methoxy groups -OCH3 is 1. The van der Waals surface area contributed by atoms with Gasteiger partial charge in [0.15, 0.2) is 24.7 Å². The first kappa shape index (κ1) is 20.9. The van der Waals surface area contributed by atoms with E-state index < -0.39 is 18.5 Å². The van der Waals surface area contributed by atoms with Crippen LogP contribution in [-0.2, 0) is 19.1 Å². The van der Waals surface area contributed by atoms with E-state index in [2.05, 4.69) is 5.32 Å². The lowest BCUT2D eigenvalue weighted by Gasteiger charge is -2.28. The predicted octanol–water partition coefficient (Wildman–Crippen LogP) is 2.64. The maximum Gasteiger partial charge on any atom is 0.344 e. The zero-order valence-corrected chi connectivity index (χ0v) is 16.7. The Bertz CT molecular complexity index is 985. The van der Waals surface area contributed by atoms with Crippen LogP contribution in [0.1, 0.15) is 12.5 Å². The summed E-state index contributed by atoms with van der Waals surface area (Å²) in [6, 6.07) is 12.2. The minimum atomic E-state index is -0.710. The van der Waals surface area contributed by atoms with Crippen molar-refractivity contribution in [2.75, 3.05) is 37.1 Å². The molecule has 1 N–H and O–H groups in total. The van der Waals surface area contributed by atoms with Crippen LogP contribution in [0.25, 0.3) is 6.08 Å². The van der Waals surface area contributed by atoms with E-state index in [9.17, 15) is 14.4 Å². The number of anilines is 2. The van der Waals surface area contributed by atoms with Crippen LogP contribution in [0.2, 0.25) is 0 Å². The molecule has 1 aliphatic rings. The molecular formula is C22H22N2O6. The highest BCUT2D eigenvalue weighted by Gasteiger charge is 2.27. The zero-order valence-electron chi connectivity index (χ0n) is 16.7. The number of carbonyl (C=O) groups excluding carboxylic acids is 3. The highest BCUT2D eigenvalue weighted by molar-refractivity contribution is 6.10. The summed E-state index contributed by atoms with van der Waals surface area (Å²) in [5.41, 5.74) is 2.02. The fourth-order valence-corrected chi connectivity index (χ4v) is 2.95. The molecule has 3 rings (SSSR count). The molecule has 0 fully saturated rings. The molecule has 0 unspecified atom stereocenters. The van der Waals surface area contributed by atoms with Crippen LogP contribution in [0.15, 0.2) is 48.5 Å². The van der Waals surface area contributed by atoms with Crippen molar-refractivity contribution >= 4 is 35.2 Å². The number of fused-ring (bicyclic) bond motifs is 1. The van der Waals surface area contributed by atoms with E-state index in [0.29, 0.717) is 22.9 Å². The van der Waals surface area contributed by atoms with Crippen LogP contribution in [0.5, 0.6) is 11.5 Å². The highest BCUT2D eigenvalue weighted by atomic mass is 16.6. The van der Waals surface area contributed by atoms with Crippen LogP contribution >= 0.6 is 0 Å². The van der Waals surface area contributed by atoms with Gasteiger partial charge in [0.25, 0.3) is 5.91 Å². The minimum Gasteiger partial charge on any atom is -0.493 e. The van der Waals surface area contributed by atoms with Gasteiger partial charge < -0.3 is 19.5 Å². The monoisotopic (exact) mass is 410 g/mol. The number of benzene rings is 2. The second-order valence-corrected chi connectivity index (χ2v) is 6.40. The number of hydrogen-bond acceptors (Lipinski definition) is 6. The van der Waals surface area contributed by atoms with E-state index in [1.807, 2.05) is 25.1 Å². The molecule has 2 aromatic rings. The van der Waals surface area contributed by atoms with Gasteiger partial charge in [-0.3, -0.25) is 14.5 Å². The van der Waals surface area contributed by atoms with Crippen molar-refractivity contribution in [2.45, 2.75) is 6.92 Å². The molecule has 1 aliphatic heterocycles. The molecule has 1 heterocycles. The second-order valence-electron chi connectivity index (χ2n) is 6.40. The van der Waals surface area contributed by atoms with E-state index >= 15 is 0 Å². The van der Waals surface area contributed by atoms with Gasteiger partial charge in [0.2, 0.25) is 5.91 Å². The van der Waals surface area contributed by atoms with Crippen LogP contribution in [0.4, 0.5) is 11.4 Å². The van der Waals surface area contributed by atoms with Crippen molar-refractivity contribution in [1.29, 1.82) is 0 Å². The summed E-state index contributed by atoms with van der Waals surface area (Å²) in [5.74, 6) is -0.664. The summed E-state index contributed by atoms with van der Waals surface area (Å²) in [7, 11) is 1.51.